The molecule has 0 radical (unpaired) electrons. The Hall–Kier alpha value is -1.84. The molecular formula is C21H34N4. The maximum Gasteiger partial charge on any atom is 0.0435 e. The average Bonchev–Trinajstić information content (AvgIpc) is 3.43. The van der Waals surface area contributed by atoms with Gasteiger partial charge in [0.05, 0.1) is 0 Å². The Labute approximate surface area is 153 Å². The van der Waals surface area contributed by atoms with Gasteiger partial charge in [-0.05, 0) is 52.7 Å². The highest BCUT2D eigenvalue weighted by Gasteiger charge is 2.37. The number of piperidine rings is 1. The summed E-state index contributed by atoms with van der Waals surface area (Å²) in [7, 11) is 0. The van der Waals surface area contributed by atoms with Crippen molar-refractivity contribution in [3.05, 3.63) is 35.8 Å². The summed E-state index contributed by atoms with van der Waals surface area (Å²) in [4.78, 5) is 13.6. The van der Waals surface area contributed by atoms with Crippen LogP contribution >= 0.6 is 0 Å². The lowest BCUT2D eigenvalue weighted by Crippen LogP contribution is -2.45. The zero-order valence-corrected chi connectivity index (χ0v) is 16.2. The van der Waals surface area contributed by atoms with Crippen molar-refractivity contribution in [1.29, 1.82) is 0 Å². The molecule has 25 heavy (non-hydrogen) atoms. The van der Waals surface area contributed by atoms with Crippen molar-refractivity contribution < 1.29 is 0 Å². The van der Waals surface area contributed by atoms with Crippen LogP contribution in [-0.2, 0) is 0 Å². The Morgan fingerprint density at radius 2 is 1.80 bits per heavy atom. The predicted molar refractivity (Wildman–Crippen MR) is 109 cm³/mol. The monoisotopic (exact) mass is 342 g/mol. The van der Waals surface area contributed by atoms with Crippen LogP contribution < -0.4 is 0 Å². The van der Waals surface area contributed by atoms with E-state index in [1.807, 2.05) is 12.4 Å². The highest BCUT2D eigenvalue weighted by Crippen LogP contribution is 2.37. The third kappa shape index (κ3) is 5.32. The molecule has 0 N–H and O–H groups in total. The highest BCUT2D eigenvalue weighted by atomic mass is 15.2. The van der Waals surface area contributed by atoms with E-state index < -0.39 is 0 Å². The van der Waals surface area contributed by atoms with Gasteiger partial charge in [-0.1, -0.05) is 19.6 Å². The molecule has 0 aromatic heterocycles. The Kier molecular flexibility index (Phi) is 7.48. The summed E-state index contributed by atoms with van der Waals surface area (Å²) < 4.78 is 0. The molecular weight excluding hydrogens is 308 g/mol. The Morgan fingerprint density at radius 3 is 2.28 bits per heavy atom. The number of likely N-dealkylation sites (tertiary alicyclic amines) is 1. The fourth-order valence-corrected chi connectivity index (χ4v) is 3.59. The van der Waals surface area contributed by atoms with Crippen LogP contribution in [0.5, 0.6) is 0 Å². The fourth-order valence-electron chi connectivity index (χ4n) is 3.59. The molecule has 1 saturated carbocycles. The van der Waals surface area contributed by atoms with E-state index in [2.05, 4.69) is 59.9 Å². The number of hydrogen-bond acceptors (Lipinski definition) is 4. The summed E-state index contributed by atoms with van der Waals surface area (Å²) in [6.07, 6.45) is 12.1. The largest absolute Gasteiger partial charge is 0.375 e. The van der Waals surface area contributed by atoms with E-state index >= 15 is 0 Å². The van der Waals surface area contributed by atoms with Gasteiger partial charge in [-0.3, -0.25) is 9.98 Å². The molecule has 0 spiro atoms. The van der Waals surface area contributed by atoms with Gasteiger partial charge < -0.3 is 9.80 Å². The van der Waals surface area contributed by atoms with Gasteiger partial charge in [0.1, 0.15) is 0 Å². The smallest absolute Gasteiger partial charge is 0.0435 e. The van der Waals surface area contributed by atoms with E-state index in [0.717, 1.165) is 31.6 Å². The molecule has 0 unspecified atom stereocenters. The minimum Gasteiger partial charge on any atom is -0.375 e. The molecule has 4 heteroatoms. The lowest BCUT2D eigenvalue weighted by atomic mass is 9.99. The van der Waals surface area contributed by atoms with E-state index in [4.69, 9.17) is 0 Å². The summed E-state index contributed by atoms with van der Waals surface area (Å²) in [5, 5.41) is 0. The van der Waals surface area contributed by atoms with Gasteiger partial charge in [-0.2, -0.15) is 0 Å². The molecule has 0 amide bonds. The Balaban J connectivity index is 2.24. The van der Waals surface area contributed by atoms with Crippen LogP contribution in [0.1, 0.15) is 52.9 Å². The van der Waals surface area contributed by atoms with Crippen molar-refractivity contribution in [2.75, 3.05) is 19.6 Å². The standard InChI is InChI=1S/C21H34N4/c1-6-8-21(18(15-22-5)16-23-7-2)25(19-9-10-19)20-11-13-24(14-12-20)17(3)4/h8,15-16,19-20H,3,5-7,9-14H2,1-2,4H3/b18-15+,21-8-,23-16-. The van der Waals surface area contributed by atoms with Gasteiger partial charge in [0.25, 0.3) is 0 Å². The van der Waals surface area contributed by atoms with Crippen LogP contribution in [0.15, 0.2) is 45.8 Å². The molecule has 1 aliphatic carbocycles. The quantitative estimate of drug-likeness (QED) is 0.459. The number of rotatable bonds is 9. The molecule has 4 nitrogen and oxygen atoms in total. The van der Waals surface area contributed by atoms with Crippen molar-refractivity contribution in [3.8, 4) is 0 Å². The minimum absolute atomic E-state index is 0.587. The molecule has 0 aromatic carbocycles. The second-order valence-electron chi connectivity index (χ2n) is 6.98. The lowest BCUT2D eigenvalue weighted by Gasteiger charge is -2.42. The van der Waals surface area contributed by atoms with Crippen molar-refractivity contribution in [2.45, 2.75) is 65.0 Å². The fraction of sp³-hybridized carbons (Fsp3) is 0.619. The second-order valence-corrected chi connectivity index (χ2v) is 6.98. The molecule has 2 rings (SSSR count). The van der Waals surface area contributed by atoms with Gasteiger partial charge in [0.15, 0.2) is 0 Å². The summed E-state index contributed by atoms with van der Waals surface area (Å²) >= 11 is 0. The third-order valence-electron chi connectivity index (χ3n) is 4.95. The summed E-state index contributed by atoms with van der Waals surface area (Å²) in [6.45, 7) is 17.1. The van der Waals surface area contributed by atoms with Gasteiger partial charge >= 0.3 is 0 Å². The summed E-state index contributed by atoms with van der Waals surface area (Å²) in [5.74, 6) is 0. The second kappa shape index (κ2) is 9.59. The zero-order valence-electron chi connectivity index (χ0n) is 16.2. The van der Waals surface area contributed by atoms with Gasteiger partial charge in [-0.15, -0.1) is 0 Å². The SMILES string of the molecule is C=N/C=C(\C=N/CC)C(=C/CC)/N(C1CC1)C1CCN(C(=C)C)CC1. The predicted octanol–water partition coefficient (Wildman–Crippen LogP) is 4.42. The topological polar surface area (TPSA) is 31.2 Å². The van der Waals surface area contributed by atoms with Crippen molar-refractivity contribution in [1.82, 2.24) is 9.80 Å². The third-order valence-corrected chi connectivity index (χ3v) is 4.95. The van der Waals surface area contributed by atoms with E-state index in [1.165, 1.54) is 37.1 Å². The van der Waals surface area contributed by atoms with Gasteiger partial charge in [0.2, 0.25) is 0 Å². The van der Waals surface area contributed by atoms with Crippen LogP contribution in [0, 0.1) is 0 Å². The molecule has 138 valence electrons. The first kappa shape index (κ1) is 19.5. The van der Waals surface area contributed by atoms with Gasteiger partial charge in [-0.25, -0.2) is 0 Å². The Morgan fingerprint density at radius 1 is 1.16 bits per heavy atom. The molecule has 2 fully saturated rings. The van der Waals surface area contributed by atoms with E-state index in [1.54, 1.807) is 0 Å². The van der Waals surface area contributed by atoms with E-state index in [-0.39, 0.29) is 0 Å². The maximum absolute atomic E-state index is 4.47. The van der Waals surface area contributed by atoms with Gasteiger partial charge in [0, 0.05) is 61.1 Å². The summed E-state index contributed by atoms with van der Waals surface area (Å²) in [5.41, 5.74) is 3.57. The molecule has 2 aliphatic rings. The molecule has 0 aromatic rings. The molecule has 0 bridgehead atoms. The summed E-state index contributed by atoms with van der Waals surface area (Å²) in [6, 6.07) is 1.26. The van der Waals surface area contributed by atoms with Crippen molar-refractivity contribution >= 4 is 12.9 Å². The van der Waals surface area contributed by atoms with E-state index in [9.17, 15) is 0 Å². The molecule has 0 atom stereocenters. The first-order chi connectivity index (χ1) is 12.1. The highest BCUT2D eigenvalue weighted by molar-refractivity contribution is 5.84. The number of hydrogen-bond donors (Lipinski definition) is 0. The number of nitrogens with zero attached hydrogens (tertiary/aromatic N) is 4. The maximum atomic E-state index is 4.47. The van der Waals surface area contributed by atoms with E-state index in [0.29, 0.717) is 12.1 Å². The number of allylic oxidation sites excluding steroid dienone is 3. The minimum atomic E-state index is 0.587. The average molecular weight is 343 g/mol. The van der Waals surface area contributed by atoms with Crippen LogP contribution in [-0.4, -0.2) is 54.4 Å². The van der Waals surface area contributed by atoms with Crippen LogP contribution in [0.2, 0.25) is 0 Å². The van der Waals surface area contributed by atoms with Crippen LogP contribution in [0.3, 0.4) is 0 Å². The lowest BCUT2D eigenvalue weighted by molar-refractivity contribution is 0.151. The normalized spacial score (nSPS) is 20.2. The first-order valence-corrected chi connectivity index (χ1v) is 9.67. The first-order valence-electron chi connectivity index (χ1n) is 9.67. The van der Waals surface area contributed by atoms with Crippen molar-refractivity contribution in [2.24, 2.45) is 9.98 Å². The number of aliphatic imine (C=N–C) groups is 2. The van der Waals surface area contributed by atoms with Crippen molar-refractivity contribution in [3.63, 3.8) is 0 Å². The van der Waals surface area contributed by atoms with Crippen LogP contribution in [0.4, 0.5) is 0 Å². The molecule has 1 aliphatic heterocycles. The zero-order chi connectivity index (χ0) is 18.2. The molecule has 1 saturated heterocycles. The van der Waals surface area contributed by atoms with Crippen LogP contribution in [0.25, 0.3) is 0 Å². The Bertz CT molecular complexity index is 546. The molecule has 1 heterocycles.